The first-order chi connectivity index (χ1) is 20.9. The molecule has 8 rings (SSSR count). The van der Waals surface area contributed by atoms with Gasteiger partial charge in [0.05, 0.1) is 38.2 Å². The van der Waals surface area contributed by atoms with E-state index < -0.39 is 11.7 Å². The maximum atomic E-state index is 13.2. The van der Waals surface area contributed by atoms with Gasteiger partial charge in [-0.25, -0.2) is 9.97 Å². The molecular weight excluding hydrogens is 563 g/mol. The largest absolute Gasteiger partial charge is 0.417 e. The maximum Gasteiger partial charge on any atom is 0.417 e. The van der Waals surface area contributed by atoms with Gasteiger partial charge in [0.15, 0.2) is 0 Å². The topological polar surface area (TPSA) is 38.7 Å². The third-order valence-corrected chi connectivity index (χ3v) is 8.84. The molecule has 0 saturated carbocycles. The number of nitrogens with zero attached hydrogens (tertiary/aromatic N) is 3. The lowest BCUT2D eigenvalue weighted by molar-refractivity contribution is -0.137. The molecule has 43 heavy (non-hydrogen) atoms. The predicted octanol–water partition coefficient (Wildman–Crippen LogP) is 10.6. The molecule has 0 aliphatic rings. The highest BCUT2D eigenvalue weighted by molar-refractivity contribution is 7.25. The standard InChI is InChI=1S/C36H20F3N3S/c37-36(38,39)27-19-32-35(40-20-27)28-18-26(14-17-31(28)43-32)21-6-8-23(9-7-21)30-16-13-25-11-10-24-12-15-29(22-4-2-1-3-5-22)41-33(24)34(25)42-30/h1-20H. The minimum Gasteiger partial charge on any atom is -0.254 e. The van der Waals surface area contributed by atoms with Crippen LogP contribution in [0.25, 0.3) is 75.8 Å². The second-order valence-electron chi connectivity index (χ2n) is 10.4. The summed E-state index contributed by atoms with van der Waals surface area (Å²) in [6.45, 7) is 0. The quantitative estimate of drug-likeness (QED) is 0.194. The van der Waals surface area contributed by atoms with E-state index in [1.807, 2.05) is 72.8 Å². The average Bonchev–Trinajstić information content (AvgIpc) is 3.41. The van der Waals surface area contributed by atoms with Gasteiger partial charge in [-0.15, -0.1) is 11.3 Å². The van der Waals surface area contributed by atoms with Gasteiger partial charge < -0.3 is 0 Å². The van der Waals surface area contributed by atoms with Gasteiger partial charge in [-0.1, -0.05) is 84.9 Å². The fourth-order valence-corrected chi connectivity index (χ4v) is 6.60. The summed E-state index contributed by atoms with van der Waals surface area (Å²) < 4.78 is 41.0. The van der Waals surface area contributed by atoms with Crippen molar-refractivity contribution in [2.24, 2.45) is 0 Å². The lowest BCUT2D eigenvalue weighted by atomic mass is 10.0. The monoisotopic (exact) mass is 583 g/mol. The summed E-state index contributed by atoms with van der Waals surface area (Å²) in [6.07, 6.45) is -3.51. The van der Waals surface area contributed by atoms with Gasteiger partial charge >= 0.3 is 6.18 Å². The Morgan fingerprint density at radius 1 is 0.512 bits per heavy atom. The molecule has 4 aromatic carbocycles. The summed E-state index contributed by atoms with van der Waals surface area (Å²) in [6, 6.07) is 37.8. The van der Waals surface area contributed by atoms with Crippen molar-refractivity contribution in [1.82, 2.24) is 15.0 Å². The van der Waals surface area contributed by atoms with Gasteiger partial charge in [-0.05, 0) is 41.5 Å². The highest BCUT2D eigenvalue weighted by Crippen LogP contribution is 2.39. The number of hydrogen-bond donors (Lipinski definition) is 0. The number of thiophene rings is 1. The number of hydrogen-bond acceptors (Lipinski definition) is 4. The molecule has 0 saturated heterocycles. The Morgan fingerprint density at radius 2 is 1.09 bits per heavy atom. The number of alkyl halides is 3. The molecule has 0 fully saturated rings. The van der Waals surface area contributed by atoms with E-state index in [2.05, 4.69) is 41.4 Å². The van der Waals surface area contributed by atoms with Crippen molar-refractivity contribution in [2.75, 3.05) is 0 Å². The number of pyridine rings is 3. The van der Waals surface area contributed by atoms with Crippen molar-refractivity contribution in [2.45, 2.75) is 6.18 Å². The van der Waals surface area contributed by atoms with Gasteiger partial charge in [0.1, 0.15) is 0 Å². The van der Waals surface area contributed by atoms with Crippen LogP contribution >= 0.6 is 11.3 Å². The third-order valence-electron chi connectivity index (χ3n) is 7.74. The molecule has 0 atom stereocenters. The third kappa shape index (κ3) is 4.49. The Kier molecular flexibility index (Phi) is 5.77. The smallest absolute Gasteiger partial charge is 0.254 e. The van der Waals surface area contributed by atoms with Crippen LogP contribution in [-0.2, 0) is 6.18 Å². The van der Waals surface area contributed by atoms with Crippen LogP contribution in [0.3, 0.4) is 0 Å². The highest BCUT2D eigenvalue weighted by Gasteiger charge is 2.31. The van der Waals surface area contributed by atoms with Gasteiger partial charge in [-0.3, -0.25) is 4.98 Å². The molecule has 3 nitrogen and oxygen atoms in total. The number of rotatable bonds is 3. The molecule has 0 aliphatic heterocycles. The molecule has 0 amide bonds. The Hall–Kier alpha value is -5.14. The summed E-state index contributed by atoms with van der Waals surface area (Å²) >= 11 is 1.32. The van der Waals surface area contributed by atoms with Gasteiger partial charge in [-0.2, -0.15) is 13.2 Å². The van der Waals surface area contributed by atoms with Crippen molar-refractivity contribution >= 4 is 53.4 Å². The van der Waals surface area contributed by atoms with E-state index in [9.17, 15) is 13.2 Å². The second kappa shape index (κ2) is 9.71. The zero-order valence-corrected chi connectivity index (χ0v) is 23.2. The molecule has 206 valence electrons. The van der Waals surface area contributed by atoms with E-state index in [0.29, 0.717) is 10.2 Å². The molecular formula is C36H20F3N3S. The normalized spacial score (nSPS) is 12.1. The van der Waals surface area contributed by atoms with Gasteiger partial charge in [0, 0.05) is 38.2 Å². The first-order valence-electron chi connectivity index (χ1n) is 13.7. The van der Waals surface area contributed by atoms with Crippen LogP contribution in [0.1, 0.15) is 5.56 Å². The van der Waals surface area contributed by atoms with E-state index in [1.54, 1.807) is 0 Å². The van der Waals surface area contributed by atoms with E-state index >= 15 is 0 Å². The summed E-state index contributed by atoms with van der Waals surface area (Å²) in [7, 11) is 0. The van der Waals surface area contributed by atoms with Crippen LogP contribution in [-0.4, -0.2) is 15.0 Å². The van der Waals surface area contributed by atoms with Crippen LogP contribution in [0.5, 0.6) is 0 Å². The van der Waals surface area contributed by atoms with Crippen molar-refractivity contribution < 1.29 is 13.2 Å². The molecule has 0 N–H and O–H groups in total. The molecule has 0 bridgehead atoms. The van der Waals surface area contributed by atoms with Crippen molar-refractivity contribution in [3.8, 4) is 33.6 Å². The van der Waals surface area contributed by atoms with Crippen LogP contribution in [0.2, 0.25) is 0 Å². The SMILES string of the molecule is FC(F)(F)c1cnc2c(c1)sc1ccc(-c3ccc(-c4ccc5ccc6ccc(-c7ccccc7)nc6c5n4)cc3)cc12. The Bertz CT molecular complexity index is 2330. The Labute approximate surface area is 247 Å². The Balaban J connectivity index is 1.16. The molecule has 4 heterocycles. The molecule has 8 aromatic rings. The number of benzene rings is 4. The zero-order chi connectivity index (χ0) is 29.1. The maximum absolute atomic E-state index is 13.2. The predicted molar refractivity (Wildman–Crippen MR) is 169 cm³/mol. The average molecular weight is 584 g/mol. The molecule has 0 radical (unpaired) electrons. The first-order valence-corrected chi connectivity index (χ1v) is 14.5. The van der Waals surface area contributed by atoms with Gasteiger partial charge in [0.25, 0.3) is 0 Å². The number of fused-ring (bicyclic) bond motifs is 6. The van der Waals surface area contributed by atoms with Crippen LogP contribution in [0.15, 0.2) is 121 Å². The Morgan fingerprint density at radius 3 is 1.74 bits per heavy atom. The number of aromatic nitrogens is 3. The molecule has 4 aromatic heterocycles. The van der Waals surface area contributed by atoms with E-state index in [-0.39, 0.29) is 0 Å². The highest BCUT2D eigenvalue weighted by atomic mass is 32.1. The van der Waals surface area contributed by atoms with E-state index in [1.165, 1.54) is 17.4 Å². The first kappa shape index (κ1) is 25.6. The van der Waals surface area contributed by atoms with E-state index in [0.717, 1.165) is 71.7 Å². The molecule has 0 aliphatic carbocycles. The lowest BCUT2D eigenvalue weighted by Crippen LogP contribution is -2.04. The number of halogens is 3. The van der Waals surface area contributed by atoms with Crippen molar-refractivity contribution in [3.63, 3.8) is 0 Å². The summed E-state index contributed by atoms with van der Waals surface area (Å²) in [5, 5.41) is 2.91. The lowest BCUT2D eigenvalue weighted by Gasteiger charge is -2.09. The fraction of sp³-hybridized carbons (Fsp3) is 0.0278. The fourth-order valence-electron chi connectivity index (χ4n) is 5.51. The van der Waals surface area contributed by atoms with Crippen molar-refractivity contribution in [1.29, 1.82) is 0 Å². The van der Waals surface area contributed by atoms with E-state index in [4.69, 9.17) is 9.97 Å². The van der Waals surface area contributed by atoms with Crippen LogP contribution < -0.4 is 0 Å². The van der Waals surface area contributed by atoms with Gasteiger partial charge in [0.2, 0.25) is 0 Å². The summed E-state index contributed by atoms with van der Waals surface area (Å²) in [5.74, 6) is 0. The van der Waals surface area contributed by atoms with Crippen LogP contribution in [0.4, 0.5) is 13.2 Å². The summed E-state index contributed by atoms with van der Waals surface area (Å²) in [4.78, 5) is 14.2. The summed E-state index contributed by atoms with van der Waals surface area (Å²) in [5.41, 5.74) is 7.33. The zero-order valence-electron chi connectivity index (χ0n) is 22.4. The van der Waals surface area contributed by atoms with Crippen LogP contribution in [0, 0.1) is 0 Å². The molecule has 7 heteroatoms. The molecule has 0 unspecified atom stereocenters. The molecule has 0 spiro atoms. The second-order valence-corrected chi connectivity index (χ2v) is 11.5. The minimum absolute atomic E-state index is 0.526. The minimum atomic E-state index is -4.42. The van der Waals surface area contributed by atoms with Crippen molar-refractivity contribution in [3.05, 3.63) is 127 Å².